The van der Waals surface area contributed by atoms with Crippen LogP contribution in [0.25, 0.3) is 0 Å². The Balaban J connectivity index is 1.72. The van der Waals surface area contributed by atoms with Crippen molar-refractivity contribution in [1.29, 1.82) is 0 Å². The fraction of sp³-hybridized carbons (Fsp3) is 0.643. The van der Waals surface area contributed by atoms with Gasteiger partial charge in [-0.15, -0.1) is 0 Å². The molecule has 7 heteroatoms. The van der Waals surface area contributed by atoms with Crippen LogP contribution in [0, 0.1) is 5.92 Å². The molecule has 1 atom stereocenters. The normalized spacial score (nSPS) is 22.9. The van der Waals surface area contributed by atoms with Crippen LogP contribution >= 0.6 is 11.8 Å². The summed E-state index contributed by atoms with van der Waals surface area (Å²) in [7, 11) is 0. The van der Waals surface area contributed by atoms with Gasteiger partial charge < -0.3 is 15.0 Å². The number of nitrogens with zero attached hydrogens (tertiary/aromatic N) is 2. The van der Waals surface area contributed by atoms with Crippen molar-refractivity contribution < 1.29 is 14.7 Å². The van der Waals surface area contributed by atoms with Crippen molar-refractivity contribution in [2.75, 3.05) is 11.5 Å². The zero-order chi connectivity index (χ0) is 14.8. The first-order valence-corrected chi connectivity index (χ1v) is 8.41. The topological polar surface area (TPSA) is 86.3 Å². The lowest BCUT2D eigenvalue weighted by molar-refractivity contribution is -0.152. The predicted octanol–water partition coefficient (Wildman–Crippen LogP) is 1.28. The smallest absolute Gasteiger partial charge is 0.326 e. The maximum Gasteiger partial charge on any atom is 0.326 e. The van der Waals surface area contributed by atoms with Gasteiger partial charge in [-0.1, -0.05) is 0 Å². The van der Waals surface area contributed by atoms with E-state index in [2.05, 4.69) is 9.97 Å². The average Bonchev–Trinajstić information content (AvgIpc) is 2.94. The Bertz CT molecular complexity index is 539. The van der Waals surface area contributed by atoms with Crippen LogP contribution in [0.5, 0.6) is 0 Å². The van der Waals surface area contributed by atoms with E-state index in [4.69, 9.17) is 0 Å². The molecule has 1 aromatic heterocycles. The van der Waals surface area contributed by atoms with Gasteiger partial charge in [0.25, 0.3) is 0 Å². The number of hydrogen-bond donors (Lipinski definition) is 2. The molecule has 0 aromatic carbocycles. The van der Waals surface area contributed by atoms with E-state index in [1.54, 1.807) is 6.33 Å². The molecule has 1 fully saturated rings. The summed E-state index contributed by atoms with van der Waals surface area (Å²) in [6.45, 7) is 0.326. The standard InChI is InChI=1S/C14H19N3O3S/c18-13(5-9-1-3-21-4-2-9)17-7-11-10(15-8-16-11)6-12(17)14(19)20/h8-9,12H,1-7H2,(H,15,16)(H,19,20). The summed E-state index contributed by atoms with van der Waals surface area (Å²) in [4.78, 5) is 32.6. The highest BCUT2D eigenvalue weighted by Crippen LogP contribution is 2.28. The molecule has 0 saturated carbocycles. The molecule has 1 saturated heterocycles. The van der Waals surface area contributed by atoms with Crippen LogP contribution in [0.15, 0.2) is 6.33 Å². The van der Waals surface area contributed by atoms with E-state index < -0.39 is 12.0 Å². The van der Waals surface area contributed by atoms with Gasteiger partial charge in [0.15, 0.2) is 0 Å². The lowest BCUT2D eigenvalue weighted by Crippen LogP contribution is -2.49. The average molecular weight is 309 g/mol. The number of aliphatic carboxylic acids is 1. The second kappa shape index (κ2) is 6.09. The molecule has 0 bridgehead atoms. The van der Waals surface area contributed by atoms with Gasteiger partial charge in [-0.05, 0) is 30.3 Å². The molecule has 1 aromatic rings. The molecular formula is C14H19N3O3S. The third-order valence-electron chi connectivity index (χ3n) is 4.31. The van der Waals surface area contributed by atoms with Crippen molar-refractivity contribution in [1.82, 2.24) is 14.9 Å². The summed E-state index contributed by atoms with van der Waals surface area (Å²) < 4.78 is 0. The molecule has 6 nitrogen and oxygen atoms in total. The number of H-pyrrole nitrogens is 1. The molecule has 3 rings (SSSR count). The van der Waals surface area contributed by atoms with Gasteiger partial charge in [0, 0.05) is 12.8 Å². The molecule has 2 aliphatic heterocycles. The molecule has 114 valence electrons. The summed E-state index contributed by atoms with van der Waals surface area (Å²) in [5, 5.41) is 9.39. The van der Waals surface area contributed by atoms with Crippen LogP contribution in [-0.2, 0) is 22.6 Å². The molecule has 0 spiro atoms. The fourth-order valence-corrected chi connectivity index (χ4v) is 4.24. The number of fused-ring (bicyclic) bond motifs is 1. The Morgan fingerprint density at radius 2 is 2.19 bits per heavy atom. The van der Waals surface area contributed by atoms with Gasteiger partial charge in [-0.2, -0.15) is 11.8 Å². The van der Waals surface area contributed by atoms with E-state index in [0.29, 0.717) is 25.3 Å². The van der Waals surface area contributed by atoms with E-state index in [1.807, 2.05) is 11.8 Å². The van der Waals surface area contributed by atoms with E-state index in [1.165, 1.54) is 4.90 Å². The molecule has 2 N–H and O–H groups in total. The van der Waals surface area contributed by atoms with E-state index in [0.717, 1.165) is 35.7 Å². The molecule has 1 amide bonds. The third kappa shape index (κ3) is 3.07. The number of carboxylic acids is 1. The molecule has 1 unspecified atom stereocenters. The van der Waals surface area contributed by atoms with E-state index in [-0.39, 0.29) is 5.91 Å². The van der Waals surface area contributed by atoms with Crippen molar-refractivity contribution in [2.45, 2.75) is 38.3 Å². The second-order valence-electron chi connectivity index (χ2n) is 5.67. The van der Waals surface area contributed by atoms with Crippen molar-refractivity contribution in [2.24, 2.45) is 5.92 Å². The highest BCUT2D eigenvalue weighted by Gasteiger charge is 2.36. The summed E-state index contributed by atoms with van der Waals surface area (Å²) in [5.74, 6) is 1.61. The van der Waals surface area contributed by atoms with Gasteiger partial charge in [0.2, 0.25) is 5.91 Å². The Kier molecular flexibility index (Phi) is 4.19. The minimum absolute atomic E-state index is 0.0421. The minimum Gasteiger partial charge on any atom is -0.480 e. The molecular weight excluding hydrogens is 290 g/mol. The van der Waals surface area contributed by atoms with Crippen LogP contribution in [-0.4, -0.2) is 49.4 Å². The molecule has 21 heavy (non-hydrogen) atoms. The number of rotatable bonds is 3. The highest BCUT2D eigenvalue weighted by molar-refractivity contribution is 7.99. The lowest BCUT2D eigenvalue weighted by atomic mass is 9.96. The van der Waals surface area contributed by atoms with Crippen LogP contribution in [0.3, 0.4) is 0 Å². The highest BCUT2D eigenvalue weighted by atomic mass is 32.2. The van der Waals surface area contributed by atoms with Crippen molar-refractivity contribution in [3.05, 3.63) is 17.7 Å². The largest absolute Gasteiger partial charge is 0.480 e. The van der Waals surface area contributed by atoms with Crippen molar-refractivity contribution >= 4 is 23.6 Å². The Hall–Kier alpha value is -1.50. The number of imidazole rings is 1. The van der Waals surface area contributed by atoms with Gasteiger partial charge in [0.05, 0.1) is 24.3 Å². The number of nitrogens with one attached hydrogen (secondary N) is 1. The molecule has 2 aliphatic rings. The molecule has 0 radical (unpaired) electrons. The number of carboxylic acid groups (broad SMARTS) is 1. The number of thioether (sulfide) groups is 1. The summed E-state index contributed by atoms with van der Waals surface area (Å²) >= 11 is 1.93. The zero-order valence-electron chi connectivity index (χ0n) is 11.7. The van der Waals surface area contributed by atoms with E-state index >= 15 is 0 Å². The number of hydrogen-bond acceptors (Lipinski definition) is 4. The zero-order valence-corrected chi connectivity index (χ0v) is 12.6. The van der Waals surface area contributed by atoms with Crippen molar-refractivity contribution in [3.8, 4) is 0 Å². The fourth-order valence-electron chi connectivity index (χ4n) is 3.03. The van der Waals surface area contributed by atoms with Crippen LogP contribution in [0.4, 0.5) is 0 Å². The van der Waals surface area contributed by atoms with Gasteiger partial charge >= 0.3 is 5.97 Å². The number of aromatic nitrogens is 2. The first kappa shape index (κ1) is 14.4. The minimum atomic E-state index is -0.948. The Morgan fingerprint density at radius 3 is 2.90 bits per heavy atom. The van der Waals surface area contributed by atoms with Crippen LogP contribution in [0.1, 0.15) is 30.7 Å². The predicted molar refractivity (Wildman–Crippen MR) is 78.9 cm³/mol. The van der Waals surface area contributed by atoms with Crippen LogP contribution in [0.2, 0.25) is 0 Å². The third-order valence-corrected chi connectivity index (χ3v) is 5.36. The number of aromatic amines is 1. The molecule has 3 heterocycles. The number of amides is 1. The summed E-state index contributed by atoms with van der Waals surface area (Å²) in [6.07, 6.45) is 4.43. The quantitative estimate of drug-likeness (QED) is 0.878. The lowest BCUT2D eigenvalue weighted by Gasteiger charge is -2.33. The van der Waals surface area contributed by atoms with Gasteiger partial charge in [-0.25, -0.2) is 9.78 Å². The second-order valence-corrected chi connectivity index (χ2v) is 6.89. The number of carbonyl (C=O) groups excluding carboxylic acids is 1. The van der Waals surface area contributed by atoms with Gasteiger partial charge in [-0.3, -0.25) is 4.79 Å². The monoisotopic (exact) mass is 309 g/mol. The first-order valence-electron chi connectivity index (χ1n) is 7.26. The summed E-state index contributed by atoms with van der Waals surface area (Å²) in [5.41, 5.74) is 1.63. The number of carbonyl (C=O) groups is 2. The molecule has 0 aliphatic carbocycles. The SMILES string of the molecule is O=C(O)C1Cc2nc[nH]c2CN1C(=O)CC1CCSCC1. The maximum absolute atomic E-state index is 12.5. The summed E-state index contributed by atoms with van der Waals surface area (Å²) in [6, 6.07) is -0.786. The van der Waals surface area contributed by atoms with Gasteiger partial charge in [0.1, 0.15) is 6.04 Å². The Labute approximate surface area is 127 Å². The maximum atomic E-state index is 12.5. The van der Waals surface area contributed by atoms with E-state index in [9.17, 15) is 14.7 Å². The van der Waals surface area contributed by atoms with Crippen molar-refractivity contribution in [3.63, 3.8) is 0 Å². The van der Waals surface area contributed by atoms with Crippen LogP contribution < -0.4 is 0 Å². The first-order chi connectivity index (χ1) is 10.1. The Morgan fingerprint density at radius 1 is 1.43 bits per heavy atom.